The molecule has 158 valence electrons. The van der Waals surface area contributed by atoms with Crippen molar-refractivity contribution in [2.45, 2.75) is 55.3 Å². The van der Waals surface area contributed by atoms with Crippen molar-refractivity contribution < 1.29 is 14.9 Å². The molecule has 3 N–H and O–H groups in total. The minimum atomic E-state index is -0.936. The lowest BCUT2D eigenvalue weighted by Gasteiger charge is -2.62. The van der Waals surface area contributed by atoms with E-state index in [0.717, 1.165) is 59.7 Å². The first kappa shape index (κ1) is 17.0. The molecule has 2 aromatic heterocycles. The molecule has 6 heteroatoms. The van der Waals surface area contributed by atoms with E-state index in [0.29, 0.717) is 12.2 Å². The minimum Gasteiger partial charge on any atom is -0.504 e. The zero-order valence-corrected chi connectivity index (χ0v) is 17.3. The summed E-state index contributed by atoms with van der Waals surface area (Å²) in [5.41, 5.74) is 3.81. The second kappa shape index (κ2) is 5.25. The van der Waals surface area contributed by atoms with Gasteiger partial charge in [-0.3, -0.25) is 4.90 Å². The number of phenols is 1. The number of piperidine rings is 1. The number of fused-ring (bicyclic) bond motifs is 4. The first-order valence-corrected chi connectivity index (χ1v) is 11.5. The summed E-state index contributed by atoms with van der Waals surface area (Å²) in [6.07, 6.45) is 6.32. The Kier molecular flexibility index (Phi) is 2.88. The number of aromatic amines is 1. The molecule has 3 aromatic rings. The van der Waals surface area contributed by atoms with Crippen LogP contribution < -0.4 is 4.74 Å². The molecule has 8 rings (SSSR count). The standard InChI is InChI=1S/C25H25N3O3/c29-17-6-5-14-10-18-25(30)11-16-15-2-1-8-26-23(15)27-20(16)22-24(25,19(14)21(17)31-22)7-9-28(18)12-13-3-4-13/h1-2,5-6,8,13,18,22,29-30H,3-4,7,9-12H2,(H,26,27)/t18?,22-,24-,25+/m0/s1. The van der Waals surface area contributed by atoms with E-state index in [4.69, 9.17) is 4.74 Å². The van der Waals surface area contributed by atoms with Gasteiger partial charge in [0, 0.05) is 36.2 Å². The number of pyridine rings is 1. The summed E-state index contributed by atoms with van der Waals surface area (Å²) >= 11 is 0. The number of hydrogen-bond donors (Lipinski definition) is 3. The van der Waals surface area contributed by atoms with Gasteiger partial charge in [-0.15, -0.1) is 0 Å². The van der Waals surface area contributed by atoms with E-state index >= 15 is 0 Å². The number of nitrogens with one attached hydrogen (secondary N) is 1. The molecule has 0 radical (unpaired) electrons. The van der Waals surface area contributed by atoms with E-state index < -0.39 is 11.0 Å². The maximum absolute atomic E-state index is 12.7. The fraction of sp³-hybridized carbons (Fsp3) is 0.480. The topological polar surface area (TPSA) is 81.6 Å². The number of ether oxygens (including phenoxy) is 1. The van der Waals surface area contributed by atoms with E-state index in [1.165, 1.54) is 18.4 Å². The summed E-state index contributed by atoms with van der Waals surface area (Å²) in [7, 11) is 0. The van der Waals surface area contributed by atoms with Gasteiger partial charge in [0.05, 0.1) is 16.7 Å². The lowest BCUT2D eigenvalue weighted by molar-refractivity contribution is -0.173. The molecule has 5 aliphatic rings. The fourth-order valence-corrected chi connectivity index (χ4v) is 7.45. The molecule has 4 heterocycles. The molecule has 0 amide bonds. The maximum atomic E-state index is 12.7. The number of H-pyrrole nitrogens is 1. The van der Waals surface area contributed by atoms with Gasteiger partial charge in [0.25, 0.3) is 0 Å². The van der Waals surface area contributed by atoms with Crippen molar-refractivity contribution in [1.29, 1.82) is 0 Å². The van der Waals surface area contributed by atoms with Crippen molar-refractivity contribution in [3.05, 3.63) is 52.8 Å². The van der Waals surface area contributed by atoms with Crippen LogP contribution in [0.4, 0.5) is 0 Å². The van der Waals surface area contributed by atoms with Crippen molar-refractivity contribution >= 4 is 11.0 Å². The molecule has 4 atom stereocenters. The molecule has 2 bridgehead atoms. The molecule has 31 heavy (non-hydrogen) atoms. The van der Waals surface area contributed by atoms with Crippen LogP contribution in [0.3, 0.4) is 0 Å². The Hall–Kier alpha value is -2.57. The Bertz CT molecular complexity index is 1280. The van der Waals surface area contributed by atoms with E-state index in [-0.39, 0.29) is 17.9 Å². The van der Waals surface area contributed by atoms with Crippen LogP contribution in [-0.2, 0) is 18.3 Å². The molecule has 2 fully saturated rings. The van der Waals surface area contributed by atoms with Gasteiger partial charge in [0.1, 0.15) is 5.65 Å². The van der Waals surface area contributed by atoms with Crippen molar-refractivity contribution in [3.63, 3.8) is 0 Å². The predicted molar refractivity (Wildman–Crippen MR) is 114 cm³/mol. The van der Waals surface area contributed by atoms with Crippen LogP contribution in [0.2, 0.25) is 0 Å². The molecule has 3 aliphatic carbocycles. The zero-order chi connectivity index (χ0) is 20.5. The van der Waals surface area contributed by atoms with Gasteiger partial charge in [-0.1, -0.05) is 6.07 Å². The summed E-state index contributed by atoms with van der Waals surface area (Å²) in [6, 6.07) is 7.92. The van der Waals surface area contributed by atoms with E-state index in [1.54, 1.807) is 12.3 Å². The smallest absolute Gasteiger partial charge is 0.166 e. The first-order valence-electron chi connectivity index (χ1n) is 11.5. The van der Waals surface area contributed by atoms with Gasteiger partial charge >= 0.3 is 0 Å². The summed E-state index contributed by atoms with van der Waals surface area (Å²) in [4.78, 5) is 10.6. The molecule has 1 unspecified atom stereocenters. The average molecular weight is 415 g/mol. The third-order valence-electron chi connectivity index (χ3n) is 8.93. The Morgan fingerprint density at radius 3 is 3.03 bits per heavy atom. The Balaban J connectivity index is 1.43. The summed E-state index contributed by atoms with van der Waals surface area (Å²) in [5.74, 6) is 1.54. The Labute approximate surface area is 179 Å². The van der Waals surface area contributed by atoms with Crippen molar-refractivity contribution in [3.8, 4) is 11.5 Å². The fourth-order valence-electron chi connectivity index (χ4n) is 7.45. The summed E-state index contributed by atoms with van der Waals surface area (Å²) in [6.45, 7) is 2.04. The van der Waals surface area contributed by atoms with Crippen LogP contribution in [0.1, 0.15) is 47.8 Å². The largest absolute Gasteiger partial charge is 0.504 e. The number of aromatic nitrogens is 2. The summed E-state index contributed by atoms with van der Waals surface area (Å²) < 4.78 is 6.57. The molecular weight excluding hydrogens is 390 g/mol. The number of hydrogen-bond acceptors (Lipinski definition) is 5. The molecule has 2 aliphatic heterocycles. The highest BCUT2D eigenvalue weighted by Gasteiger charge is 2.72. The minimum absolute atomic E-state index is 0.0608. The van der Waals surface area contributed by atoms with Crippen LogP contribution >= 0.6 is 0 Å². The van der Waals surface area contributed by atoms with E-state index in [1.807, 2.05) is 6.07 Å². The molecular formula is C25H25N3O3. The van der Waals surface area contributed by atoms with Crippen LogP contribution in [0.15, 0.2) is 30.5 Å². The highest BCUT2D eigenvalue weighted by atomic mass is 16.5. The zero-order valence-electron chi connectivity index (χ0n) is 17.3. The van der Waals surface area contributed by atoms with Crippen molar-refractivity contribution in [2.75, 3.05) is 13.1 Å². The normalized spacial score (nSPS) is 35.0. The number of rotatable bonds is 2. The third kappa shape index (κ3) is 1.83. The average Bonchev–Trinajstić information content (AvgIpc) is 3.40. The lowest BCUT2D eigenvalue weighted by atomic mass is 9.49. The number of phenolic OH excluding ortho intramolecular Hbond substituents is 1. The quantitative estimate of drug-likeness (QED) is 0.600. The third-order valence-corrected chi connectivity index (χ3v) is 8.93. The van der Waals surface area contributed by atoms with Crippen LogP contribution in [-0.4, -0.2) is 49.8 Å². The molecule has 6 nitrogen and oxygen atoms in total. The number of aliphatic hydroxyl groups is 1. The Morgan fingerprint density at radius 2 is 2.16 bits per heavy atom. The van der Waals surface area contributed by atoms with Gasteiger partial charge in [-0.05, 0) is 67.5 Å². The van der Waals surface area contributed by atoms with Crippen LogP contribution in [0.5, 0.6) is 11.5 Å². The SMILES string of the molecule is Oc1ccc2c3c1O[C@H]1c4[nH]c5ncccc5c4C[C@@]4(O)C(C2)N(CC2CC2)CC[C@]314. The van der Waals surface area contributed by atoms with Crippen LogP contribution in [0.25, 0.3) is 11.0 Å². The van der Waals surface area contributed by atoms with E-state index in [2.05, 4.69) is 27.0 Å². The molecule has 1 saturated carbocycles. The van der Waals surface area contributed by atoms with Gasteiger partial charge < -0.3 is 19.9 Å². The monoisotopic (exact) mass is 415 g/mol. The lowest BCUT2D eigenvalue weighted by Crippen LogP contribution is -2.74. The second-order valence-electron chi connectivity index (χ2n) is 10.3. The molecule has 1 aromatic carbocycles. The predicted octanol–water partition coefficient (Wildman–Crippen LogP) is 2.97. The van der Waals surface area contributed by atoms with Crippen molar-refractivity contribution in [1.82, 2.24) is 14.9 Å². The van der Waals surface area contributed by atoms with Gasteiger partial charge in [-0.2, -0.15) is 0 Å². The molecule has 1 spiro atoms. The van der Waals surface area contributed by atoms with Crippen molar-refractivity contribution in [2.24, 2.45) is 5.92 Å². The maximum Gasteiger partial charge on any atom is 0.166 e. The Morgan fingerprint density at radius 1 is 1.26 bits per heavy atom. The summed E-state index contributed by atoms with van der Waals surface area (Å²) in [5, 5.41) is 24.5. The highest BCUT2D eigenvalue weighted by molar-refractivity contribution is 5.83. The van der Waals surface area contributed by atoms with Gasteiger partial charge in [-0.25, -0.2) is 4.98 Å². The second-order valence-corrected chi connectivity index (χ2v) is 10.3. The van der Waals surface area contributed by atoms with E-state index in [9.17, 15) is 10.2 Å². The van der Waals surface area contributed by atoms with Gasteiger partial charge in [0.15, 0.2) is 17.6 Å². The number of likely N-dealkylation sites (tertiary alicyclic amines) is 1. The molecule has 1 saturated heterocycles. The number of aromatic hydroxyl groups is 1. The first-order chi connectivity index (χ1) is 15.1. The number of nitrogens with zero attached hydrogens (tertiary/aromatic N) is 2. The van der Waals surface area contributed by atoms with Crippen LogP contribution in [0, 0.1) is 5.92 Å². The highest BCUT2D eigenvalue weighted by Crippen LogP contribution is 2.69. The van der Waals surface area contributed by atoms with Gasteiger partial charge in [0.2, 0.25) is 0 Å². The number of benzene rings is 1.